The Hall–Kier alpha value is -1.26. The van der Waals surface area contributed by atoms with E-state index in [0.717, 1.165) is 11.5 Å². The average molecular weight is 225 g/mol. The number of hydrogen-bond donors (Lipinski definition) is 1. The van der Waals surface area contributed by atoms with Crippen LogP contribution >= 0.6 is 0 Å². The minimum atomic E-state index is 0.201. The van der Waals surface area contributed by atoms with Crippen LogP contribution in [0.25, 0.3) is 0 Å². The fourth-order valence-electron chi connectivity index (χ4n) is 1.28. The molecule has 0 saturated carbocycles. The summed E-state index contributed by atoms with van der Waals surface area (Å²) in [4.78, 5) is 0. The molecule has 0 spiro atoms. The number of hydrogen-bond acceptors (Lipinski definition) is 4. The number of benzene rings is 1. The van der Waals surface area contributed by atoms with Crippen LogP contribution in [-0.2, 0) is 4.74 Å². The SMILES string of the molecule is CNC(COC)COc1ccc(OC)cc1. The molecule has 0 amide bonds. The van der Waals surface area contributed by atoms with Gasteiger partial charge in [0.05, 0.1) is 19.8 Å². The van der Waals surface area contributed by atoms with Crippen LogP contribution in [-0.4, -0.2) is 40.5 Å². The van der Waals surface area contributed by atoms with Crippen LogP contribution in [0.5, 0.6) is 11.5 Å². The zero-order chi connectivity index (χ0) is 11.8. The molecule has 0 radical (unpaired) electrons. The Morgan fingerprint density at radius 1 is 1.06 bits per heavy atom. The fourth-order valence-corrected chi connectivity index (χ4v) is 1.28. The van der Waals surface area contributed by atoms with Crippen LogP contribution in [0.4, 0.5) is 0 Å². The van der Waals surface area contributed by atoms with E-state index in [2.05, 4.69) is 5.32 Å². The highest BCUT2D eigenvalue weighted by Crippen LogP contribution is 2.16. The van der Waals surface area contributed by atoms with Crippen LogP contribution in [0.1, 0.15) is 0 Å². The second-order valence-corrected chi connectivity index (χ2v) is 3.43. The van der Waals surface area contributed by atoms with Crippen LogP contribution in [0.2, 0.25) is 0 Å². The second-order valence-electron chi connectivity index (χ2n) is 3.43. The Kier molecular flexibility index (Phi) is 5.67. The molecule has 0 aromatic heterocycles. The number of nitrogens with one attached hydrogen (secondary N) is 1. The predicted molar refractivity (Wildman–Crippen MR) is 63.2 cm³/mol. The van der Waals surface area contributed by atoms with Crippen molar-refractivity contribution in [2.24, 2.45) is 0 Å². The van der Waals surface area contributed by atoms with E-state index >= 15 is 0 Å². The van der Waals surface area contributed by atoms with Crippen molar-refractivity contribution in [1.29, 1.82) is 0 Å². The first-order valence-electron chi connectivity index (χ1n) is 5.23. The Balaban J connectivity index is 2.40. The summed E-state index contributed by atoms with van der Waals surface area (Å²) in [5.41, 5.74) is 0. The van der Waals surface area contributed by atoms with E-state index in [1.807, 2.05) is 31.3 Å². The normalized spacial score (nSPS) is 12.2. The molecule has 0 aliphatic heterocycles. The van der Waals surface area contributed by atoms with Crippen molar-refractivity contribution >= 4 is 0 Å². The highest BCUT2D eigenvalue weighted by molar-refractivity contribution is 5.31. The van der Waals surface area contributed by atoms with Crippen molar-refractivity contribution in [3.63, 3.8) is 0 Å². The van der Waals surface area contributed by atoms with Crippen molar-refractivity contribution in [1.82, 2.24) is 5.32 Å². The number of likely N-dealkylation sites (N-methyl/N-ethyl adjacent to an activating group) is 1. The van der Waals surface area contributed by atoms with Gasteiger partial charge in [0.25, 0.3) is 0 Å². The molecule has 4 heteroatoms. The minimum Gasteiger partial charge on any atom is -0.497 e. The lowest BCUT2D eigenvalue weighted by atomic mass is 10.3. The number of methoxy groups -OCH3 is 2. The van der Waals surface area contributed by atoms with Gasteiger partial charge in [-0.15, -0.1) is 0 Å². The lowest BCUT2D eigenvalue weighted by molar-refractivity contribution is 0.140. The maximum atomic E-state index is 5.61. The van der Waals surface area contributed by atoms with Crippen molar-refractivity contribution in [3.8, 4) is 11.5 Å². The van der Waals surface area contributed by atoms with E-state index in [0.29, 0.717) is 13.2 Å². The van der Waals surface area contributed by atoms with E-state index in [-0.39, 0.29) is 6.04 Å². The van der Waals surface area contributed by atoms with Crippen LogP contribution in [0.15, 0.2) is 24.3 Å². The Morgan fingerprint density at radius 3 is 2.19 bits per heavy atom. The van der Waals surface area contributed by atoms with Gasteiger partial charge in [0, 0.05) is 7.11 Å². The molecule has 1 atom stereocenters. The summed E-state index contributed by atoms with van der Waals surface area (Å²) in [6, 6.07) is 7.73. The molecular weight excluding hydrogens is 206 g/mol. The zero-order valence-corrected chi connectivity index (χ0v) is 10.0. The summed E-state index contributed by atoms with van der Waals surface area (Å²) in [6.07, 6.45) is 0. The lowest BCUT2D eigenvalue weighted by Crippen LogP contribution is -2.35. The fraction of sp³-hybridized carbons (Fsp3) is 0.500. The minimum absolute atomic E-state index is 0.201. The zero-order valence-electron chi connectivity index (χ0n) is 10.0. The van der Waals surface area contributed by atoms with E-state index in [4.69, 9.17) is 14.2 Å². The third kappa shape index (κ3) is 4.08. The van der Waals surface area contributed by atoms with Gasteiger partial charge in [-0.1, -0.05) is 0 Å². The molecule has 0 fully saturated rings. The van der Waals surface area contributed by atoms with Gasteiger partial charge >= 0.3 is 0 Å². The van der Waals surface area contributed by atoms with Gasteiger partial charge in [-0.25, -0.2) is 0 Å². The van der Waals surface area contributed by atoms with E-state index in [1.165, 1.54) is 0 Å². The molecule has 1 aromatic carbocycles. The molecule has 0 saturated heterocycles. The van der Waals surface area contributed by atoms with Crippen molar-refractivity contribution in [3.05, 3.63) is 24.3 Å². The van der Waals surface area contributed by atoms with Crippen molar-refractivity contribution in [2.75, 3.05) is 34.5 Å². The molecule has 1 aromatic rings. The molecule has 16 heavy (non-hydrogen) atoms. The molecule has 0 heterocycles. The van der Waals surface area contributed by atoms with Gasteiger partial charge in [-0.3, -0.25) is 0 Å². The quantitative estimate of drug-likeness (QED) is 0.759. The first-order chi connectivity index (χ1) is 7.80. The summed E-state index contributed by atoms with van der Waals surface area (Å²) >= 11 is 0. The standard InChI is InChI=1S/C12H19NO3/c1-13-10(8-14-2)9-16-12-6-4-11(15-3)5-7-12/h4-7,10,13H,8-9H2,1-3H3. The molecule has 90 valence electrons. The first-order valence-corrected chi connectivity index (χ1v) is 5.23. The maximum Gasteiger partial charge on any atom is 0.119 e. The Bertz CT molecular complexity index is 287. The van der Waals surface area contributed by atoms with Crippen molar-refractivity contribution in [2.45, 2.75) is 6.04 Å². The molecule has 4 nitrogen and oxygen atoms in total. The van der Waals surface area contributed by atoms with Crippen molar-refractivity contribution < 1.29 is 14.2 Å². The summed E-state index contributed by atoms with van der Waals surface area (Å²) in [7, 11) is 5.21. The van der Waals surface area contributed by atoms with Crippen LogP contribution in [0, 0.1) is 0 Å². The third-order valence-corrected chi connectivity index (χ3v) is 2.29. The highest BCUT2D eigenvalue weighted by atomic mass is 16.5. The number of ether oxygens (including phenoxy) is 3. The van der Waals surface area contributed by atoms with Gasteiger partial charge in [0.1, 0.15) is 18.1 Å². The van der Waals surface area contributed by atoms with Gasteiger partial charge < -0.3 is 19.5 Å². The lowest BCUT2D eigenvalue weighted by Gasteiger charge is -2.16. The predicted octanol–water partition coefficient (Wildman–Crippen LogP) is 1.31. The van der Waals surface area contributed by atoms with Gasteiger partial charge in [-0.2, -0.15) is 0 Å². The maximum absolute atomic E-state index is 5.61. The van der Waals surface area contributed by atoms with Crippen LogP contribution in [0.3, 0.4) is 0 Å². The van der Waals surface area contributed by atoms with Gasteiger partial charge in [0.15, 0.2) is 0 Å². The molecule has 1 rings (SSSR count). The molecular formula is C12H19NO3. The largest absolute Gasteiger partial charge is 0.497 e. The second kappa shape index (κ2) is 7.09. The van der Waals surface area contributed by atoms with Gasteiger partial charge in [0.2, 0.25) is 0 Å². The van der Waals surface area contributed by atoms with Gasteiger partial charge in [-0.05, 0) is 31.3 Å². The smallest absolute Gasteiger partial charge is 0.119 e. The highest BCUT2D eigenvalue weighted by Gasteiger charge is 2.06. The summed E-state index contributed by atoms with van der Waals surface area (Å²) in [5.74, 6) is 1.66. The third-order valence-electron chi connectivity index (χ3n) is 2.29. The average Bonchev–Trinajstić information content (AvgIpc) is 2.35. The van der Waals surface area contributed by atoms with E-state index < -0.39 is 0 Å². The number of rotatable bonds is 7. The molecule has 0 bridgehead atoms. The first kappa shape index (κ1) is 12.8. The molecule has 1 N–H and O–H groups in total. The summed E-state index contributed by atoms with van der Waals surface area (Å²) in [5, 5.41) is 3.12. The summed E-state index contributed by atoms with van der Waals surface area (Å²) < 4.78 is 15.7. The molecule has 0 aliphatic rings. The Morgan fingerprint density at radius 2 is 1.69 bits per heavy atom. The topological polar surface area (TPSA) is 39.7 Å². The van der Waals surface area contributed by atoms with Crippen LogP contribution < -0.4 is 14.8 Å². The monoisotopic (exact) mass is 225 g/mol. The molecule has 1 unspecified atom stereocenters. The summed E-state index contributed by atoms with van der Waals surface area (Å²) in [6.45, 7) is 1.21. The Labute approximate surface area is 96.5 Å². The van der Waals surface area contributed by atoms with E-state index in [1.54, 1.807) is 14.2 Å². The molecule has 0 aliphatic carbocycles. The van der Waals surface area contributed by atoms with E-state index in [9.17, 15) is 0 Å².